The number of carbonyl (C=O) groups is 1. The topological polar surface area (TPSA) is 73.0 Å². The predicted molar refractivity (Wildman–Crippen MR) is 127 cm³/mol. The number of anilines is 1. The zero-order valence-electron chi connectivity index (χ0n) is 17.5. The number of amides is 1. The largest absolute Gasteiger partial charge is 0.451 e. The van der Waals surface area contributed by atoms with Gasteiger partial charge in [-0.25, -0.2) is 0 Å². The molecule has 2 aromatic heterocycles. The molecule has 0 spiro atoms. The van der Waals surface area contributed by atoms with Crippen molar-refractivity contribution in [3.05, 3.63) is 83.1 Å². The van der Waals surface area contributed by atoms with Gasteiger partial charge in [0.15, 0.2) is 5.76 Å². The molecule has 0 aliphatic rings. The molecule has 160 valence electrons. The zero-order valence-corrected chi connectivity index (χ0v) is 18.3. The van der Waals surface area contributed by atoms with Crippen LogP contribution in [-0.2, 0) is 6.42 Å². The average Bonchev–Trinajstić information content (AvgIpc) is 3.42. The van der Waals surface area contributed by atoms with Crippen molar-refractivity contribution in [1.82, 2.24) is 15.0 Å². The third-order valence-corrected chi connectivity index (χ3v) is 5.67. The molecule has 2 heterocycles. The number of nitrogens with zero attached hydrogens (tertiary/aromatic N) is 3. The number of hydrogen-bond acceptors (Lipinski definition) is 4. The Labute approximate surface area is 189 Å². The highest BCUT2D eigenvalue weighted by atomic mass is 35.5. The molecular weight excluding hydrogens is 424 g/mol. The van der Waals surface area contributed by atoms with E-state index in [1.165, 1.54) is 18.4 Å². The van der Waals surface area contributed by atoms with E-state index in [1.54, 1.807) is 23.0 Å². The van der Waals surface area contributed by atoms with E-state index in [-0.39, 0.29) is 11.7 Å². The summed E-state index contributed by atoms with van der Waals surface area (Å²) in [5.41, 5.74) is 4.54. The Morgan fingerprint density at radius 1 is 1.03 bits per heavy atom. The second-order valence-electron chi connectivity index (χ2n) is 7.68. The number of fused-ring (bicyclic) bond motifs is 2. The Balaban J connectivity index is 1.40. The number of nitrogens with one attached hydrogen (secondary N) is 1. The van der Waals surface area contributed by atoms with Crippen LogP contribution >= 0.6 is 11.6 Å². The molecule has 5 aromatic rings. The van der Waals surface area contributed by atoms with Gasteiger partial charge in [0.2, 0.25) is 0 Å². The van der Waals surface area contributed by atoms with Crippen molar-refractivity contribution >= 4 is 45.2 Å². The first-order chi connectivity index (χ1) is 15.6. The van der Waals surface area contributed by atoms with Crippen LogP contribution in [-0.4, -0.2) is 20.9 Å². The van der Waals surface area contributed by atoms with Crippen molar-refractivity contribution in [3.63, 3.8) is 0 Å². The zero-order chi connectivity index (χ0) is 22.1. The lowest BCUT2D eigenvalue weighted by Crippen LogP contribution is -2.11. The van der Waals surface area contributed by atoms with Gasteiger partial charge < -0.3 is 9.73 Å². The lowest BCUT2D eigenvalue weighted by Gasteiger charge is -2.05. The number of para-hydroxylation sites is 1. The highest BCUT2D eigenvalue weighted by Gasteiger charge is 2.16. The van der Waals surface area contributed by atoms with E-state index >= 15 is 0 Å². The number of halogens is 1. The van der Waals surface area contributed by atoms with Gasteiger partial charge in [0, 0.05) is 5.39 Å². The minimum atomic E-state index is -0.377. The SMILES string of the molecule is CCCCc1ccc(-n2nc3cc(Cl)c(NC(=O)c4cc5ccccc5o4)cc3n2)cc1. The van der Waals surface area contributed by atoms with Crippen molar-refractivity contribution in [2.24, 2.45) is 0 Å². The third-order valence-electron chi connectivity index (χ3n) is 5.35. The highest BCUT2D eigenvalue weighted by Crippen LogP contribution is 2.28. The summed E-state index contributed by atoms with van der Waals surface area (Å²) in [5, 5.41) is 13.2. The molecule has 1 amide bonds. The standard InChI is InChI=1S/C25H21ClN4O2/c1-2-3-6-16-9-11-18(12-10-16)30-28-21-14-19(26)20(15-22(21)29-30)27-25(31)24-13-17-7-4-5-8-23(17)32-24/h4-5,7-15H,2-3,6H2,1H3,(H,27,31). The number of benzene rings is 3. The molecule has 0 fully saturated rings. The van der Waals surface area contributed by atoms with Gasteiger partial charge in [-0.15, -0.1) is 10.2 Å². The van der Waals surface area contributed by atoms with Crippen LogP contribution in [0.3, 0.4) is 0 Å². The molecule has 5 rings (SSSR count). The summed E-state index contributed by atoms with van der Waals surface area (Å²) >= 11 is 6.42. The normalized spacial score (nSPS) is 11.3. The molecule has 0 radical (unpaired) electrons. The van der Waals surface area contributed by atoms with Crippen molar-refractivity contribution in [1.29, 1.82) is 0 Å². The first kappa shape index (κ1) is 20.3. The van der Waals surface area contributed by atoms with Gasteiger partial charge in [-0.05, 0) is 54.8 Å². The lowest BCUT2D eigenvalue weighted by atomic mass is 10.1. The Morgan fingerprint density at radius 3 is 2.53 bits per heavy atom. The van der Waals surface area contributed by atoms with E-state index in [1.807, 2.05) is 36.4 Å². The number of furan rings is 1. The molecule has 0 saturated carbocycles. The number of aryl methyl sites for hydroxylation is 1. The van der Waals surface area contributed by atoms with Crippen LogP contribution in [0.4, 0.5) is 5.69 Å². The first-order valence-electron chi connectivity index (χ1n) is 10.6. The van der Waals surface area contributed by atoms with E-state index < -0.39 is 0 Å². The van der Waals surface area contributed by atoms with E-state index in [9.17, 15) is 4.79 Å². The Kier molecular flexibility index (Phi) is 5.37. The fraction of sp³-hybridized carbons (Fsp3) is 0.160. The molecule has 7 heteroatoms. The number of unbranched alkanes of at least 4 members (excludes halogenated alkanes) is 1. The van der Waals surface area contributed by atoms with Crippen LogP contribution in [0.5, 0.6) is 0 Å². The summed E-state index contributed by atoms with van der Waals surface area (Å²) in [6.45, 7) is 2.19. The molecular formula is C25H21ClN4O2. The molecule has 0 aliphatic heterocycles. The molecule has 0 aliphatic carbocycles. The maximum Gasteiger partial charge on any atom is 0.291 e. The number of rotatable bonds is 6. The van der Waals surface area contributed by atoms with E-state index in [0.717, 1.165) is 17.5 Å². The molecule has 3 aromatic carbocycles. The summed E-state index contributed by atoms with van der Waals surface area (Å²) in [7, 11) is 0. The molecule has 0 atom stereocenters. The summed E-state index contributed by atoms with van der Waals surface area (Å²) < 4.78 is 5.64. The minimum Gasteiger partial charge on any atom is -0.451 e. The van der Waals surface area contributed by atoms with Gasteiger partial charge in [0.25, 0.3) is 5.91 Å². The lowest BCUT2D eigenvalue weighted by molar-refractivity contribution is 0.0998. The molecule has 0 unspecified atom stereocenters. The van der Waals surface area contributed by atoms with E-state index in [4.69, 9.17) is 16.0 Å². The molecule has 6 nitrogen and oxygen atoms in total. The molecule has 0 saturated heterocycles. The van der Waals surface area contributed by atoms with Crippen LogP contribution in [0.15, 0.2) is 71.1 Å². The van der Waals surface area contributed by atoms with Crippen molar-refractivity contribution in [2.45, 2.75) is 26.2 Å². The maximum absolute atomic E-state index is 12.7. The summed E-state index contributed by atoms with van der Waals surface area (Å²) in [6, 6.07) is 20.8. The second kappa shape index (κ2) is 8.48. The van der Waals surface area contributed by atoms with E-state index in [2.05, 4.69) is 34.6 Å². The van der Waals surface area contributed by atoms with Crippen LogP contribution in [0.2, 0.25) is 5.02 Å². The predicted octanol–water partition coefficient (Wildman–Crippen LogP) is 6.42. The fourth-order valence-corrected chi connectivity index (χ4v) is 3.81. The summed E-state index contributed by atoms with van der Waals surface area (Å²) in [4.78, 5) is 14.3. The molecule has 32 heavy (non-hydrogen) atoms. The van der Waals surface area contributed by atoms with Crippen LogP contribution < -0.4 is 5.32 Å². The Morgan fingerprint density at radius 2 is 1.78 bits per heavy atom. The average molecular weight is 445 g/mol. The summed E-state index contributed by atoms with van der Waals surface area (Å²) in [5.74, 6) is -0.160. The van der Waals surface area contributed by atoms with Gasteiger partial charge in [-0.1, -0.05) is 55.3 Å². The fourth-order valence-electron chi connectivity index (χ4n) is 3.60. The highest BCUT2D eigenvalue weighted by molar-refractivity contribution is 6.34. The molecule has 1 N–H and O–H groups in total. The quantitative estimate of drug-likeness (QED) is 0.328. The van der Waals surface area contributed by atoms with Gasteiger partial charge in [-0.2, -0.15) is 4.80 Å². The monoisotopic (exact) mass is 444 g/mol. The van der Waals surface area contributed by atoms with E-state index in [0.29, 0.717) is 27.3 Å². The van der Waals surface area contributed by atoms with Crippen LogP contribution in [0, 0.1) is 0 Å². The van der Waals surface area contributed by atoms with Gasteiger partial charge in [0.1, 0.15) is 16.6 Å². The van der Waals surface area contributed by atoms with Crippen LogP contribution in [0.25, 0.3) is 27.7 Å². The van der Waals surface area contributed by atoms with Gasteiger partial charge in [-0.3, -0.25) is 4.79 Å². The van der Waals surface area contributed by atoms with Crippen LogP contribution in [0.1, 0.15) is 35.9 Å². The van der Waals surface area contributed by atoms with Crippen molar-refractivity contribution in [3.8, 4) is 5.69 Å². The number of carbonyl (C=O) groups excluding carboxylic acids is 1. The smallest absolute Gasteiger partial charge is 0.291 e. The number of hydrogen-bond donors (Lipinski definition) is 1. The van der Waals surface area contributed by atoms with Crippen molar-refractivity contribution in [2.75, 3.05) is 5.32 Å². The maximum atomic E-state index is 12.7. The summed E-state index contributed by atoms with van der Waals surface area (Å²) in [6.07, 6.45) is 3.41. The Hall–Kier alpha value is -3.64. The first-order valence-corrected chi connectivity index (χ1v) is 10.9. The number of aromatic nitrogens is 3. The third kappa shape index (κ3) is 3.97. The minimum absolute atomic E-state index is 0.217. The Bertz CT molecular complexity index is 1390. The van der Waals surface area contributed by atoms with Gasteiger partial charge in [0.05, 0.1) is 16.4 Å². The second-order valence-corrected chi connectivity index (χ2v) is 8.09. The molecule has 0 bridgehead atoms. The van der Waals surface area contributed by atoms with Crippen molar-refractivity contribution < 1.29 is 9.21 Å². The van der Waals surface area contributed by atoms with Gasteiger partial charge >= 0.3 is 0 Å².